The quantitative estimate of drug-likeness (QED) is 0.636. The van der Waals surface area contributed by atoms with Crippen LogP contribution in [0.3, 0.4) is 0 Å². The highest BCUT2D eigenvalue weighted by Crippen LogP contribution is 2.29. The van der Waals surface area contributed by atoms with Gasteiger partial charge in [0.1, 0.15) is 5.82 Å². The van der Waals surface area contributed by atoms with Gasteiger partial charge in [0.25, 0.3) is 5.91 Å². The molecule has 0 bridgehead atoms. The third-order valence-corrected chi connectivity index (χ3v) is 5.42. The highest BCUT2D eigenvalue weighted by atomic mass is 19.1. The molecule has 158 valence electrons. The van der Waals surface area contributed by atoms with Crippen LogP contribution < -0.4 is 15.5 Å². The molecule has 31 heavy (non-hydrogen) atoms. The van der Waals surface area contributed by atoms with Crippen LogP contribution in [0.25, 0.3) is 0 Å². The van der Waals surface area contributed by atoms with Crippen LogP contribution in [0.4, 0.5) is 15.8 Å². The number of benzene rings is 3. The fourth-order valence-corrected chi connectivity index (χ4v) is 3.66. The van der Waals surface area contributed by atoms with E-state index >= 15 is 0 Å². The van der Waals surface area contributed by atoms with Crippen LogP contribution in [0.1, 0.15) is 27.0 Å². The van der Waals surface area contributed by atoms with E-state index in [2.05, 4.69) is 10.6 Å². The van der Waals surface area contributed by atoms with Gasteiger partial charge in [-0.1, -0.05) is 36.4 Å². The second-order valence-corrected chi connectivity index (χ2v) is 7.63. The molecule has 0 radical (unpaired) electrons. The van der Waals surface area contributed by atoms with Gasteiger partial charge in [-0.3, -0.25) is 9.59 Å². The Labute approximate surface area is 180 Å². The van der Waals surface area contributed by atoms with Gasteiger partial charge < -0.3 is 15.5 Å². The molecule has 2 N–H and O–H groups in total. The minimum absolute atomic E-state index is 0.0541. The van der Waals surface area contributed by atoms with Crippen LogP contribution in [-0.2, 0) is 17.8 Å². The number of para-hydroxylation sites is 1. The molecule has 2 amide bonds. The molecular formula is C25H24FN3O2. The molecule has 1 heterocycles. The summed E-state index contributed by atoms with van der Waals surface area (Å²) in [5.74, 6) is -0.558. The SMILES string of the molecule is Cc1ccc(CNC(=O)CNc2cccc(C(=O)N3CCc4ccccc43)c2)cc1F. The molecule has 6 heteroatoms. The number of amides is 2. The smallest absolute Gasteiger partial charge is 0.258 e. The maximum absolute atomic E-state index is 13.6. The minimum atomic E-state index is -0.285. The zero-order valence-corrected chi connectivity index (χ0v) is 17.3. The van der Waals surface area contributed by atoms with Gasteiger partial charge in [-0.05, 0) is 60.4 Å². The normalized spacial score (nSPS) is 12.4. The van der Waals surface area contributed by atoms with E-state index in [0.717, 1.165) is 12.1 Å². The molecule has 0 aliphatic carbocycles. The second kappa shape index (κ2) is 9.00. The highest BCUT2D eigenvalue weighted by Gasteiger charge is 2.25. The lowest BCUT2D eigenvalue weighted by Crippen LogP contribution is -2.30. The highest BCUT2D eigenvalue weighted by molar-refractivity contribution is 6.07. The van der Waals surface area contributed by atoms with Gasteiger partial charge in [0.15, 0.2) is 0 Å². The zero-order chi connectivity index (χ0) is 21.8. The molecule has 1 aliphatic rings. The largest absolute Gasteiger partial charge is 0.376 e. The lowest BCUT2D eigenvalue weighted by atomic mass is 10.1. The molecular weight excluding hydrogens is 393 g/mol. The first-order chi connectivity index (χ1) is 15.0. The van der Waals surface area contributed by atoms with Crippen molar-refractivity contribution < 1.29 is 14.0 Å². The van der Waals surface area contributed by atoms with E-state index in [1.54, 1.807) is 42.2 Å². The predicted octanol–water partition coefficient (Wildman–Crippen LogP) is 4.07. The number of halogens is 1. The Morgan fingerprint density at radius 3 is 2.71 bits per heavy atom. The van der Waals surface area contributed by atoms with Crippen molar-refractivity contribution in [3.05, 3.63) is 94.8 Å². The summed E-state index contributed by atoms with van der Waals surface area (Å²) in [5.41, 5.74) is 4.67. The number of carbonyl (C=O) groups is 2. The first-order valence-electron chi connectivity index (χ1n) is 10.3. The number of aryl methyl sites for hydroxylation is 1. The Balaban J connectivity index is 1.34. The number of hydrogen-bond donors (Lipinski definition) is 2. The van der Waals surface area contributed by atoms with Crippen molar-refractivity contribution in [1.82, 2.24) is 5.32 Å². The Kier molecular flexibility index (Phi) is 5.98. The molecule has 0 fully saturated rings. The Bertz CT molecular complexity index is 1130. The van der Waals surface area contributed by atoms with Crippen LogP contribution in [0.2, 0.25) is 0 Å². The van der Waals surface area contributed by atoms with Crippen molar-refractivity contribution in [2.24, 2.45) is 0 Å². The van der Waals surface area contributed by atoms with Crippen molar-refractivity contribution in [3.8, 4) is 0 Å². The molecule has 1 aliphatic heterocycles. The molecule has 3 aromatic carbocycles. The summed E-state index contributed by atoms with van der Waals surface area (Å²) < 4.78 is 13.6. The maximum atomic E-state index is 13.6. The van der Waals surface area contributed by atoms with Crippen molar-refractivity contribution in [2.75, 3.05) is 23.3 Å². The first-order valence-corrected chi connectivity index (χ1v) is 10.3. The fraction of sp³-hybridized carbons (Fsp3) is 0.200. The number of nitrogens with zero attached hydrogens (tertiary/aromatic N) is 1. The van der Waals surface area contributed by atoms with Gasteiger partial charge in [0.05, 0.1) is 6.54 Å². The first kappa shape index (κ1) is 20.6. The zero-order valence-electron chi connectivity index (χ0n) is 17.3. The van der Waals surface area contributed by atoms with Crippen LogP contribution in [-0.4, -0.2) is 24.9 Å². The van der Waals surface area contributed by atoms with E-state index in [0.29, 0.717) is 28.9 Å². The van der Waals surface area contributed by atoms with E-state index in [9.17, 15) is 14.0 Å². The second-order valence-electron chi connectivity index (χ2n) is 7.63. The monoisotopic (exact) mass is 417 g/mol. The molecule has 4 rings (SSSR count). The van der Waals surface area contributed by atoms with Crippen LogP contribution in [0.5, 0.6) is 0 Å². The van der Waals surface area contributed by atoms with Gasteiger partial charge >= 0.3 is 0 Å². The number of rotatable bonds is 6. The molecule has 3 aromatic rings. The molecule has 5 nitrogen and oxygen atoms in total. The van der Waals surface area contributed by atoms with Crippen LogP contribution in [0, 0.1) is 12.7 Å². The lowest BCUT2D eigenvalue weighted by molar-refractivity contribution is -0.119. The Morgan fingerprint density at radius 2 is 1.87 bits per heavy atom. The standard InChI is InChI=1S/C25H24FN3O2/c1-17-9-10-18(13-22(17)26)15-28-24(30)16-27-21-7-4-6-20(14-21)25(31)29-12-11-19-5-2-3-8-23(19)29/h2-10,13-14,27H,11-12,15-16H2,1H3,(H,28,30). The molecule has 0 atom stereocenters. The number of carbonyl (C=O) groups excluding carboxylic acids is 2. The van der Waals surface area contributed by atoms with Gasteiger partial charge in [0, 0.05) is 30.0 Å². The molecule has 0 unspecified atom stereocenters. The summed E-state index contributed by atoms with van der Waals surface area (Å²) in [6, 6.07) is 20.0. The van der Waals surface area contributed by atoms with Crippen LogP contribution >= 0.6 is 0 Å². The molecule has 0 saturated heterocycles. The summed E-state index contributed by atoms with van der Waals surface area (Å²) in [6.45, 7) is 2.67. The average Bonchev–Trinajstić information content (AvgIpc) is 3.22. The van der Waals surface area contributed by atoms with Gasteiger partial charge in [-0.2, -0.15) is 0 Å². The van der Waals surface area contributed by atoms with Crippen molar-refractivity contribution in [2.45, 2.75) is 19.9 Å². The lowest BCUT2D eigenvalue weighted by Gasteiger charge is -2.18. The number of anilines is 2. The third kappa shape index (κ3) is 4.74. The summed E-state index contributed by atoms with van der Waals surface area (Å²) in [4.78, 5) is 27.0. The predicted molar refractivity (Wildman–Crippen MR) is 120 cm³/mol. The van der Waals surface area contributed by atoms with Crippen LogP contribution in [0.15, 0.2) is 66.7 Å². The Hall–Kier alpha value is -3.67. The Morgan fingerprint density at radius 1 is 1.03 bits per heavy atom. The van der Waals surface area contributed by atoms with E-state index in [-0.39, 0.29) is 30.7 Å². The van der Waals surface area contributed by atoms with Crippen molar-refractivity contribution >= 4 is 23.2 Å². The summed E-state index contributed by atoms with van der Waals surface area (Å²) >= 11 is 0. The van der Waals surface area contributed by atoms with Gasteiger partial charge in [-0.15, -0.1) is 0 Å². The number of hydrogen-bond acceptors (Lipinski definition) is 3. The van der Waals surface area contributed by atoms with Gasteiger partial charge in [-0.25, -0.2) is 4.39 Å². The molecule has 0 aromatic heterocycles. The van der Waals surface area contributed by atoms with E-state index in [1.165, 1.54) is 11.6 Å². The molecule has 0 spiro atoms. The average molecular weight is 417 g/mol. The van der Waals surface area contributed by atoms with E-state index < -0.39 is 0 Å². The van der Waals surface area contributed by atoms with Crippen molar-refractivity contribution in [3.63, 3.8) is 0 Å². The molecule has 0 saturated carbocycles. The van der Waals surface area contributed by atoms with Gasteiger partial charge in [0.2, 0.25) is 5.91 Å². The number of nitrogens with one attached hydrogen (secondary N) is 2. The van der Waals surface area contributed by atoms with E-state index in [4.69, 9.17) is 0 Å². The summed E-state index contributed by atoms with van der Waals surface area (Å²) in [5, 5.41) is 5.82. The topological polar surface area (TPSA) is 61.4 Å². The maximum Gasteiger partial charge on any atom is 0.258 e. The number of fused-ring (bicyclic) bond motifs is 1. The summed E-state index contributed by atoms with van der Waals surface area (Å²) in [7, 11) is 0. The minimum Gasteiger partial charge on any atom is -0.376 e. The summed E-state index contributed by atoms with van der Waals surface area (Å²) in [6.07, 6.45) is 0.852. The van der Waals surface area contributed by atoms with E-state index in [1.807, 2.05) is 30.3 Å². The third-order valence-electron chi connectivity index (χ3n) is 5.42. The van der Waals surface area contributed by atoms with Crippen molar-refractivity contribution in [1.29, 1.82) is 0 Å². The fourth-order valence-electron chi connectivity index (χ4n) is 3.66.